The van der Waals surface area contributed by atoms with Gasteiger partial charge in [-0.3, -0.25) is 0 Å². The van der Waals surface area contributed by atoms with E-state index in [-0.39, 0.29) is 0 Å². The summed E-state index contributed by atoms with van der Waals surface area (Å²) in [7, 11) is 0. The fourth-order valence-corrected chi connectivity index (χ4v) is 0.732. The molecule has 0 saturated heterocycles. The highest BCUT2D eigenvalue weighted by Crippen LogP contribution is 2.09. The van der Waals surface area contributed by atoms with Crippen LogP contribution in [0.15, 0.2) is 12.3 Å². The lowest BCUT2D eigenvalue weighted by molar-refractivity contribution is 0.400. The van der Waals surface area contributed by atoms with Gasteiger partial charge in [0.15, 0.2) is 0 Å². The van der Waals surface area contributed by atoms with Gasteiger partial charge in [0.2, 0.25) is 0 Å². The van der Waals surface area contributed by atoms with Crippen LogP contribution in [0.2, 0.25) is 0 Å². The zero-order valence-electron chi connectivity index (χ0n) is 9.15. The highest BCUT2D eigenvalue weighted by Gasteiger charge is 2.07. The van der Waals surface area contributed by atoms with Crippen LogP contribution in [0.25, 0.3) is 0 Å². The first-order valence-electron chi connectivity index (χ1n) is 4.87. The summed E-state index contributed by atoms with van der Waals surface area (Å²) in [6.45, 7) is 16.1. The van der Waals surface area contributed by atoms with Gasteiger partial charge in [-0.15, -0.1) is 0 Å². The molecule has 0 aromatic carbocycles. The third-order valence-corrected chi connectivity index (χ3v) is 2.49. The minimum Gasteiger partial charge on any atom is -0.388 e. The van der Waals surface area contributed by atoms with Crippen molar-refractivity contribution in [3.05, 3.63) is 12.3 Å². The Hall–Kier alpha value is -0.460. The Morgan fingerprint density at radius 1 is 1.17 bits per heavy atom. The summed E-state index contributed by atoms with van der Waals surface area (Å²) in [5.41, 5.74) is 1.16. The van der Waals surface area contributed by atoms with Gasteiger partial charge in [-0.25, -0.2) is 0 Å². The van der Waals surface area contributed by atoms with Crippen LogP contribution in [0.4, 0.5) is 0 Å². The summed E-state index contributed by atoms with van der Waals surface area (Å²) in [4.78, 5) is 0. The second kappa shape index (κ2) is 5.23. The average molecular weight is 169 g/mol. The molecule has 0 amide bonds. The highest BCUT2D eigenvalue weighted by atomic mass is 14.9. The molecule has 0 aliphatic heterocycles. The molecule has 1 atom stereocenters. The van der Waals surface area contributed by atoms with Crippen LogP contribution in [0, 0.1) is 17.8 Å². The molecule has 0 heterocycles. The molecule has 0 rings (SSSR count). The quantitative estimate of drug-likeness (QED) is 0.667. The van der Waals surface area contributed by atoms with Gasteiger partial charge in [-0.05, 0) is 17.8 Å². The largest absolute Gasteiger partial charge is 0.388 e. The fraction of sp³-hybridized carbons (Fsp3) is 0.818. The van der Waals surface area contributed by atoms with Gasteiger partial charge in [0, 0.05) is 12.2 Å². The lowest BCUT2D eigenvalue weighted by atomic mass is 9.98. The van der Waals surface area contributed by atoms with Gasteiger partial charge < -0.3 is 5.32 Å². The molecule has 0 aromatic heterocycles. The number of hydrogen-bond acceptors (Lipinski definition) is 1. The molecule has 0 radical (unpaired) electrons. The van der Waals surface area contributed by atoms with E-state index in [2.05, 4.69) is 46.5 Å². The minimum absolute atomic E-state index is 0.546. The molecule has 0 aliphatic rings. The van der Waals surface area contributed by atoms with Gasteiger partial charge in [0.1, 0.15) is 0 Å². The van der Waals surface area contributed by atoms with Crippen molar-refractivity contribution in [3.63, 3.8) is 0 Å². The van der Waals surface area contributed by atoms with Gasteiger partial charge in [0.05, 0.1) is 0 Å². The van der Waals surface area contributed by atoms with E-state index in [1.807, 2.05) is 0 Å². The topological polar surface area (TPSA) is 12.0 Å². The second-order valence-electron chi connectivity index (χ2n) is 4.28. The van der Waals surface area contributed by atoms with Crippen molar-refractivity contribution in [1.29, 1.82) is 0 Å². The molecule has 0 bridgehead atoms. The first-order valence-corrected chi connectivity index (χ1v) is 4.87. The van der Waals surface area contributed by atoms with E-state index in [4.69, 9.17) is 0 Å². The number of nitrogens with one attached hydrogen (secondary N) is 1. The molecule has 1 nitrogen and oxygen atoms in total. The van der Waals surface area contributed by atoms with Crippen LogP contribution in [0.5, 0.6) is 0 Å². The average Bonchev–Trinajstić information content (AvgIpc) is 1.98. The third-order valence-electron chi connectivity index (χ3n) is 2.49. The fourth-order valence-electron chi connectivity index (χ4n) is 0.732. The monoisotopic (exact) mass is 169 g/mol. The lowest BCUT2D eigenvalue weighted by Gasteiger charge is -2.19. The van der Waals surface area contributed by atoms with Crippen molar-refractivity contribution in [2.75, 3.05) is 6.54 Å². The Labute approximate surface area is 77.2 Å². The van der Waals surface area contributed by atoms with Gasteiger partial charge in [0.25, 0.3) is 0 Å². The maximum absolute atomic E-state index is 3.97. The molecule has 0 fully saturated rings. The third kappa shape index (κ3) is 4.42. The molecule has 0 aromatic rings. The molecule has 0 saturated carbocycles. The van der Waals surface area contributed by atoms with Gasteiger partial charge >= 0.3 is 0 Å². The molecule has 0 aliphatic carbocycles. The smallest absolute Gasteiger partial charge is 0.0172 e. The van der Waals surface area contributed by atoms with Crippen LogP contribution in [0.3, 0.4) is 0 Å². The first kappa shape index (κ1) is 11.5. The van der Waals surface area contributed by atoms with Crippen LogP contribution in [-0.2, 0) is 0 Å². The molecule has 0 spiro atoms. The van der Waals surface area contributed by atoms with Crippen molar-refractivity contribution in [3.8, 4) is 0 Å². The van der Waals surface area contributed by atoms with Crippen LogP contribution in [0.1, 0.15) is 34.6 Å². The molecule has 1 unspecified atom stereocenters. The summed E-state index contributed by atoms with van der Waals surface area (Å²) in [5.74, 6) is 2.02. The number of hydrogen-bond donors (Lipinski definition) is 1. The second-order valence-corrected chi connectivity index (χ2v) is 4.28. The number of rotatable bonds is 5. The summed E-state index contributed by atoms with van der Waals surface area (Å²) in [6, 6.07) is 0. The normalized spacial score (nSPS) is 13.6. The van der Waals surface area contributed by atoms with Gasteiger partial charge in [-0.2, -0.15) is 0 Å². The summed E-state index contributed by atoms with van der Waals surface area (Å²) >= 11 is 0. The summed E-state index contributed by atoms with van der Waals surface area (Å²) in [5, 5.41) is 3.37. The Kier molecular flexibility index (Phi) is 5.03. The Balaban J connectivity index is 3.61. The van der Waals surface area contributed by atoms with Crippen molar-refractivity contribution in [2.24, 2.45) is 17.8 Å². The van der Waals surface area contributed by atoms with E-state index < -0.39 is 0 Å². The van der Waals surface area contributed by atoms with Crippen LogP contribution < -0.4 is 5.32 Å². The molecule has 1 N–H and O–H groups in total. The first-order chi connectivity index (χ1) is 5.45. The predicted molar refractivity (Wildman–Crippen MR) is 56.0 cm³/mol. The van der Waals surface area contributed by atoms with Crippen molar-refractivity contribution < 1.29 is 0 Å². The SMILES string of the molecule is C=C(NCC(C)C(C)C)C(C)C. The van der Waals surface area contributed by atoms with E-state index in [1.165, 1.54) is 0 Å². The molecule has 1 heteroatoms. The van der Waals surface area contributed by atoms with Crippen LogP contribution >= 0.6 is 0 Å². The maximum atomic E-state index is 3.97. The summed E-state index contributed by atoms with van der Waals surface area (Å²) in [6.07, 6.45) is 0. The van der Waals surface area contributed by atoms with E-state index in [1.54, 1.807) is 0 Å². The van der Waals surface area contributed by atoms with E-state index in [0.29, 0.717) is 5.92 Å². The molecule has 12 heavy (non-hydrogen) atoms. The highest BCUT2D eigenvalue weighted by molar-refractivity contribution is 4.94. The maximum Gasteiger partial charge on any atom is 0.0172 e. The number of allylic oxidation sites excluding steroid dienone is 1. The van der Waals surface area contributed by atoms with Gasteiger partial charge in [-0.1, -0.05) is 41.2 Å². The van der Waals surface area contributed by atoms with Crippen LogP contribution in [-0.4, -0.2) is 6.54 Å². The predicted octanol–water partition coefficient (Wildman–Crippen LogP) is 3.04. The van der Waals surface area contributed by atoms with E-state index in [0.717, 1.165) is 24.1 Å². The van der Waals surface area contributed by atoms with E-state index >= 15 is 0 Å². The zero-order valence-corrected chi connectivity index (χ0v) is 9.15. The van der Waals surface area contributed by atoms with E-state index in [9.17, 15) is 0 Å². The Morgan fingerprint density at radius 2 is 1.67 bits per heavy atom. The Bertz CT molecular complexity index is 136. The molecule has 72 valence electrons. The Morgan fingerprint density at radius 3 is 2.00 bits per heavy atom. The summed E-state index contributed by atoms with van der Waals surface area (Å²) < 4.78 is 0. The van der Waals surface area contributed by atoms with Crippen molar-refractivity contribution in [2.45, 2.75) is 34.6 Å². The van der Waals surface area contributed by atoms with Crippen molar-refractivity contribution in [1.82, 2.24) is 5.32 Å². The molecular weight excluding hydrogens is 146 g/mol. The zero-order chi connectivity index (χ0) is 9.72. The minimum atomic E-state index is 0.546. The standard InChI is InChI=1S/C11H23N/c1-8(2)10(5)7-12-11(6)9(3)4/h8-10,12H,6-7H2,1-5H3. The van der Waals surface area contributed by atoms with Crippen molar-refractivity contribution >= 4 is 0 Å². The lowest BCUT2D eigenvalue weighted by Crippen LogP contribution is -2.25. The molecular formula is C11H23N.